The highest BCUT2D eigenvalue weighted by atomic mass is 32.2. The summed E-state index contributed by atoms with van der Waals surface area (Å²) < 4.78 is 26.9. The zero-order chi connectivity index (χ0) is 20.4. The van der Waals surface area contributed by atoms with Crippen molar-refractivity contribution in [3.05, 3.63) is 54.1 Å². The first-order chi connectivity index (χ1) is 13.9. The molecule has 4 rings (SSSR count). The van der Waals surface area contributed by atoms with Crippen LogP contribution in [0, 0.1) is 5.92 Å². The molecule has 152 valence electrons. The van der Waals surface area contributed by atoms with E-state index in [1.807, 2.05) is 0 Å². The Hall–Kier alpha value is -2.71. The van der Waals surface area contributed by atoms with Crippen molar-refractivity contribution in [1.82, 2.24) is 4.31 Å². The van der Waals surface area contributed by atoms with E-state index < -0.39 is 15.9 Å². The molecule has 0 aromatic heterocycles. The quantitative estimate of drug-likeness (QED) is 0.761. The summed E-state index contributed by atoms with van der Waals surface area (Å²) in [6.07, 6.45) is 3.54. The Bertz CT molecular complexity index is 1040. The minimum atomic E-state index is -3.58. The molecule has 0 spiro atoms. The van der Waals surface area contributed by atoms with Crippen LogP contribution >= 0.6 is 0 Å². The zero-order valence-electron chi connectivity index (χ0n) is 15.9. The lowest BCUT2D eigenvalue weighted by atomic mass is 10.2. The first kappa shape index (κ1) is 19.6. The highest BCUT2D eigenvalue weighted by Gasteiger charge is 2.30. The Kier molecular flexibility index (Phi) is 5.38. The van der Waals surface area contributed by atoms with E-state index in [2.05, 4.69) is 10.6 Å². The summed E-state index contributed by atoms with van der Waals surface area (Å²) in [6, 6.07) is 13.0. The Balaban J connectivity index is 1.48. The van der Waals surface area contributed by atoms with Gasteiger partial charge in [-0.3, -0.25) is 9.59 Å². The van der Waals surface area contributed by atoms with Gasteiger partial charge < -0.3 is 10.6 Å². The number of nitrogens with zero attached hydrogens (tertiary/aromatic N) is 1. The number of hydrogen-bond acceptors (Lipinski definition) is 4. The molecule has 1 heterocycles. The summed E-state index contributed by atoms with van der Waals surface area (Å²) in [6.45, 7) is 1.02. The van der Waals surface area contributed by atoms with Crippen molar-refractivity contribution in [2.24, 2.45) is 5.92 Å². The van der Waals surface area contributed by atoms with E-state index in [1.54, 1.807) is 36.4 Å². The SMILES string of the molecule is O=C(Nc1cccc(NC(=O)C2CC2)c1)c1cccc(S(=O)(=O)N2CCCC2)c1. The fraction of sp³-hybridized carbons (Fsp3) is 0.333. The lowest BCUT2D eigenvalue weighted by Crippen LogP contribution is -2.28. The second kappa shape index (κ2) is 7.96. The predicted molar refractivity (Wildman–Crippen MR) is 110 cm³/mol. The summed E-state index contributed by atoms with van der Waals surface area (Å²) in [7, 11) is -3.58. The minimum absolute atomic E-state index is 0.00621. The summed E-state index contributed by atoms with van der Waals surface area (Å²) in [5.41, 5.74) is 1.40. The smallest absolute Gasteiger partial charge is 0.255 e. The van der Waals surface area contributed by atoms with Crippen molar-refractivity contribution in [3.8, 4) is 0 Å². The van der Waals surface area contributed by atoms with Crippen molar-refractivity contribution in [3.63, 3.8) is 0 Å². The van der Waals surface area contributed by atoms with Crippen LogP contribution in [0.1, 0.15) is 36.0 Å². The first-order valence-electron chi connectivity index (χ1n) is 9.76. The van der Waals surface area contributed by atoms with E-state index in [0.29, 0.717) is 24.5 Å². The molecule has 1 aliphatic heterocycles. The Labute approximate surface area is 170 Å². The number of carbonyl (C=O) groups excluding carboxylic acids is 2. The van der Waals surface area contributed by atoms with Gasteiger partial charge in [0.1, 0.15) is 0 Å². The number of hydrogen-bond donors (Lipinski definition) is 2. The standard InChI is InChI=1S/C21H23N3O4S/c25-20(15-9-10-15)22-17-6-4-7-18(14-17)23-21(26)16-5-3-8-19(13-16)29(27,28)24-11-1-2-12-24/h3-8,13-15H,1-2,9-12H2,(H,22,25)(H,23,26). The maximum Gasteiger partial charge on any atom is 0.255 e. The highest BCUT2D eigenvalue weighted by Crippen LogP contribution is 2.30. The fourth-order valence-electron chi connectivity index (χ4n) is 3.34. The third-order valence-corrected chi connectivity index (χ3v) is 7.03. The van der Waals surface area contributed by atoms with Gasteiger partial charge in [0, 0.05) is 35.9 Å². The van der Waals surface area contributed by atoms with Crippen LogP contribution in [0.4, 0.5) is 11.4 Å². The van der Waals surface area contributed by atoms with Crippen molar-refractivity contribution in [2.45, 2.75) is 30.6 Å². The monoisotopic (exact) mass is 413 g/mol. The largest absolute Gasteiger partial charge is 0.326 e. The zero-order valence-corrected chi connectivity index (χ0v) is 16.7. The van der Waals surface area contributed by atoms with Crippen LogP contribution in [0.3, 0.4) is 0 Å². The summed E-state index contributed by atoms with van der Waals surface area (Å²) >= 11 is 0. The van der Waals surface area contributed by atoms with Crippen molar-refractivity contribution >= 4 is 33.2 Å². The molecule has 8 heteroatoms. The number of sulfonamides is 1. The molecule has 0 radical (unpaired) electrons. The van der Waals surface area contributed by atoms with Gasteiger partial charge >= 0.3 is 0 Å². The Morgan fingerprint density at radius 3 is 2.24 bits per heavy atom. The summed E-state index contributed by atoms with van der Waals surface area (Å²) in [5.74, 6) is -0.323. The molecule has 2 amide bonds. The lowest BCUT2D eigenvalue weighted by Gasteiger charge is -2.16. The molecule has 1 saturated carbocycles. The topological polar surface area (TPSA) is 95.6 Å². The van der Waals surface area contributed by atoms with Gasteiger partial charge in [0.05, 0.1) is 4.90 Å². The highest BCUT2D eigenvalue weighted by molar-refractivity contribution is 7.89. The molecule has 0 atom stereocenters. The van der Waals surface area contributed by atoms with Gasteiger partial charge in [-0.25, -0.2) is 8.42 Å². The molecule has 7 nitrogen and oxygen atoms in total. The van der Waals surface area contributed by atoms with Crippen molar-refractivity contribution in [2.75, 3.05) is 23.7 Å². The van der Waals surface area contributed by atoms with Gasteiger partial charge in [-0.2, -0.15) is 4.31 Å². The Morgan fingerprint density at radius 2 is 1.55 bits per heavy atom. The maximum atomic E-state index is 12.7. The molecule has 0 unspecified atom stereocenters. The number of benzene rings is 2. The van der Waals surface area contributed by atoms with E-state index in [4.69, 9.17) is 0 Å². The normalized spacial score (nSPS) is 17.1. The van der Waals surface area contributed by atoms with Gasteiger partial charge in [-0.05, 0) is 62.1 Å². The number of nitrogens with one attached hydrogen (secondary N) is 2. The fourth-order valence-corrected chi connectivity index (χ4v) is 4.91. The first-order valence-corrected chi connectivity index (χ1v) is 11.2. The van der Waals surface area contributed by atoms with Crippen LogP contribution in [0.5, 0.6) is 0 Å². The van der Waals surface area contributed by atoms with E-state index in [-0.39, 0.29) is 22.3 Å². The van der Waals surface area contributed by atoms with Gasteiger partial charge in [0.2, 0.25) is 15.9 Å². The van der Waals surface area contributed by atoms with Gasteiger partial charge in [0.25, 0.3) is 5.91 Å². The van der Waals surface area contributed by atoms with E-state index in [0.717, 1.165) is 25.7 Å². The van der Waals surface area contributed by atoms with Crippen molar-refractivity contribution in [1.29, 1.82) is 0 Å². The molecule has 2 aromatic rings. The molecule has 2 aliphatic rings. The molecule has 1 saturated heterocycles. The van der Waals surface area contributed by atoms with E-state index >= 15 is 0 Å². The predicted octanol–water partition coefficient (Wildman–Crippen LogP) is 3.07. The number of rotatable bonds is 6. The van der Waals surface area contributed by atoms with E-state index in [9.17, 15) is 18.0 Å². The van der Waals surface area contributed by atoms with Crippen LogP contribution in [-0.2, 0) is 14.8 Å². The van der Waals surface area contributed by atoms with Crippen LogP contribution < -0.4 is 10.6 Å². The van der Waals surface area contributed by atoms with Crippen LogP contribution in [0.15, 0.2) is 53.4 Å². The molecule has 1 aliphatic carbocycles. The van der Waals surface area contributed by atoms with Crippen LogP contribution in [-0.4, -0.2) is 37.6 Å². The van der Waals surface area contributed by atoms with Crippen molar-refractivity contribution < 1.29 is 18.0 Å². The molecule has 29 heavy (non-hydrogen) atoms. The van der Waals surface area contributed by atoms with Crippen LogP contribution in [0.25, 0.3) is 0 Å². The van der Waals surface area contributed by atoms with Gasteiger partial charge in [0.15, 0.2) is 0 Å². The van der Waals surface area contributed by atoms with Crippen LogP contribution in [0.2, 0.25) is 0 Å². The van der Waals surface area contributed by atoms with E-state index in [1.165, 1.54) is 16.4 Å². The van der Waals surface area contributed by atoms with Gasteiger partial charge in [-0.15, -0.1) is 0 Å². The third-order valence-electron chi connectivity index (χ3n) is 5.14. The third kappa shape index (κ3) is 4.49. The average Bonchev–Trinajstić information content (AvgIpc) is 3.42. The minimum Gasteiger partial charge on any atom is -0.326 e. The second-order valence-corrected chi connectivity index (χ2v) is 9.38. The molecule has 2 fully saturated rings. The summed E-state index contributed by atoms with van der Waals surface area (Å²) in [5, 5.41) is 5.61. The molecular weight excluding hydrogens is 390 g/mol. The molecular formula is C21H23N3O4S. The number of carbonyl (C=O) groups is 2. The molecule has 2 N–H and O–H groups in total. The number of anilines is 2. The molecule has 2 aromatic carbocycles. The maximum absolute atomic E-state index is 12.7. The second-order valence-electron chi connectivity index (χ2n) is 7.44. The Morgan fingerprint density at radius 1 is 0.897 bits per heavy atom. The average molecular weight is 413 g/mol. The summed E-state index contributed by atoms with van der Waals surface area (Å²) in [4.78, 5) is 24.7. The molecule has 0 bridgehead atoms. The lowest BCUT2D eigenvalue weighted by molar-refractivity contribution is -0.117. The number of amides is 2. The van der Waals surface area contributed by atoms with Gasteiger partial charge in [-0.1, -0.05) is 12.1 Å².